The molecular formula is C40H46N10O3S2. The molecule has 286 valence electrons. The summed E-state index contributed by atoms with van der Waals surface area (Å²) in [5, 5.41) is 16.5. The zero-order valence-corrected chi connectivity index (χ0v) is 33.0. The number of fused-ring (bicyclic) bond motifs is 2. The van der Waals surface area contributed by atoms with E-state index in [9.17, 15) is 14.4 Å². The van der Waals surface area contributed by atoms with E-state index in [4.69, 9.17) is 4.98 Å². The summed E-state index contributed by atoms with van der Waals surface area (Å²) in [6, 6.07) is 8.20. The summed E-state index contributed by atoms with van der Waals surface area (Å²) in [7, 11) is 1.80. The number of aromatic nitrogens is 7. The minimum Gasteiger partial charge on any atom is -0.382 e. The molecule has 55 heavy (non-hydrogen) atoms. The van der Waals surface area contributed by atoms with Crippen LogP contribution in [0.5, 0.6) is 0 Å². The normalized spacial score (nSPS) is 21.6. The number of anilines is 1. The molecule has 3 fully saturated rings. The van der Waals surface area contributed by atoms with Crippen molar-refractivity contribution in [3.63, 3.8) is 0 Å². The maximum absolute atomic E-state index is 13.5. The number of carbonyl (C=O) groups excluding carboxylic acids is 2. The lowest BCUT2D eigenvalue weighted by atomic mass is 9.84. The van der Waals surface area contributed by atoms with Crippen molar-refractivity contribution in [2.75, 3.05) is 25.0 Å². The number of para-hydroxylation sites is 1. The molecule has 3 aliphatic rings. The molecule has 9 rings (SSSR count). The Morgan fingerprint density at radius 2 is 1.82 bits per heavy atom. The number of imide groups is 1. The molecule has 2 aliphatic heterocycles. The summed E-state index contributed by atoms with van der Waals surface area (Å²) >= 11 is 3.33. The first-order valence-corrected chi connectivity index (χ1v) is 21.2. The van der Waals surface area contributed by atoms with Crippen LogP contribution in [0, 0.1) is 5.92 Å². The van der Waals surface area contributed by atoms with Crippen molar-refractivity contribution in [1.82, 2.24) is 44.3 Å². The van der Waals surface area contributed by atoms with Gasteiger partial charge in [0.15, 0.2) is 0 Å². The molecule has 1 atom stereocenters. The molecule has 1 saturated carbocycles. The number of nitrogens with one attached hydrogen (secondary N) is 2. The van der Waals surface area contributed by atoms with Gasteiger partial charge in [0.1, 0.15) is 16.6 Å². The number of imidazole rings is 1. The van der Waals surface area contributed by atoms with Crippen LogP contribution in [0.2, 0.25) is 0 Å². The zero-order valence-electron chi connectivity index (χ0n) is 31.4. The maximum Gasteiger partial charge on any atom is 0.329 e. The van der Waals surface area contributed by atoms with Crippen LogP contribution in [0.4, 0.5) is 5.69 Å². The number of pyridine rings is 1. The van der Waals surface area contributed by atoms with Gasteiger partial charge >= 0.3 is 5.69 Å². The van der Waals surface area contributed by atoms with E-state index in [-0.39, 0.29) is 24.1 Å². The predicted molar refractivity (Wildman–Crippen MR) is 217 cm³/mol. The fourth-order valence-electron chi connectivity index (χ4n) is 9.08. The fraction of sp³-hybridized carbons (Fsp3) is 0.475. The number of piperidine rings is 2. The lowest BCUT2D eigenvalue weighted by molar-refractivity contribution is -0.135. The van der Waals surface area contributed by atoms with Gasteiger partial charge in [-0.05, 0) is 101 Å². The number of benzene rings is 1. The average Bonchev–Trinajstić information content (AvgIpc) is 4.00. The molecule has 0 radical (unpaired) electrons. The highest BCUT2D eigenvalue weighted by atomic mass is 32.1. The van der Waals surface area contributed by atoms with Crippen molar-refractivity contribution in [1.29, 1.82) is 0 Å². The van der Waals surface area contributed by atoms with Gasteiger partial charge in [0.2, 0.25) is 11.8 Å². The third kappa shape index (κ3) is 6.80. The molecule has 7 heterocycles. The first-order valence-electron chi connectivity index (χ1n) is 19.5. The van der Waals surface area contributed by atoms with Crippen molar-refractivity contribution < 1.29 is 9.59 Å². The van der Waals surface area contributed by atoms with Crippen molar-refractivity contribution in [3.05, 3.63) is 64.4 Å². The molecule has 1 aliphatic carbocycles. The number of aryl methyl sites for hydroxylation is 1. The molecule has 13 nitrogen and oxygen atoms in total. The molecule has 1 unspecified atom stereocenters. The van der Waals surface area contributed by atoms with Crippen molar-refractivity contribution in [2.24, 2.45) is 13.0 Å². The Kier molecular flexibility index (Phi) is 9.63. The standard InChI is InChI=1S/C40H46N10O3S2/c1-23(2)43-36-28-17-33(34-19-41-22-54-34)55-39(28)42-18-29(36)30-21-49(46-45-30)26-9-7-24(8-10-26)20-48-15-13-25(14-16-48)27-5-4-6-31-37(27)47(3)40(53)50(31)32-11-12-35(51)44-38(32)52/h4-6,17-19,21-26,32H,7-16,20H2,1-3H3,(H,42,43)(H,44,51,52). The van der Waals surface area contributed by atoms with E-state index >= 15 is 0 Å². The van der Waals surface area contributed by atoms with E-state index in [0.29, 0.717) is 24.3 Å². The van der Waals surface area contributed by atoms with E-state index in [2.05, 4.69) is 67.7 Å². The summed E-state index contributed by atoms with van der Waals surface area (Å²) < 4.78 is 5.37. The number of carbonyl (C=O) groups is 2. The van der Waals surface area contributed by atoms with Gasteiger partial charge in [-0.2, -0.15) is 0 Å². The van der Waals surface area contributed by atoms with Crippen LogP contribution in [-0.4, -0.2) is 76.5 Å². The van der Waals surface area contributed by atoms with Gasteiger partial charge in [-0.15, -0.1) is 27.8 Å². The summed E-state index contributed by atoms with van der Waals surface area (Å²) in [6.07, 6.45) is 13.1. The Morgan fingerprint density at radius 1 is 1.00 bits per heavy atom. The summed E-state index contributed by atoms with van der Waals surface area (Å²) in [5.41, 5.74) is 7.38. The SMILES string of the molecule is CC(C)Nc1c(-c2cn(C3CCC(CN4CCC(c5cccc6c5n(C)c(=O)n6C5CCC(=O)NC5=O)CC4)CC3)nn2)cnc2sc(-c3cncs3)cc12. The van der Waals surface area contributed by atoms with Crippen LogP contribution in [0.1, 0.15) is 88.8 Å². The number of nitrogens with zero attached hydrogens (tertiary/aromatic N) is 8. The topological polar surface area (TPSA) is 145 Å². The van der Waals surface area contributed by atoms with Crippen molar-refractivity contribution in [3.8, 4) is 21.0 Å². The molecule has 5 aromatic heterocycles. The third-order valence-electron chi connectivity index (χ3n) is 11.8. The van der Waals surface area contributed by atoms with Gasteiger partial charge in [0.05, 0.1) is 39.3 Å². The number of hydrogen-bond acceptors (Lipinski definition) is 11. The van der Waals surface area contributed by atoms with Crippen LogP contribution in [0.15, 0.2) is 53.2 Å². The highest BCUT2D eigenvalue weighted by Gasteiger charge is 2.33. The first kappa shape index (κ1) is 35.9. The number of hydrogen-bond donors (Lipinski definition) is 2. The second kappa shape index (κ2) is 14.7. The van der Waals surface area contributed by atoms with E-state index in [1.54, 1.807) is 38.9 Å². The molecule has 6 aromatic rings. The zero-order chi connectivity index (χ0) is 37.8. The minimum atomic E-state index is -0.671. The molecule has 2 N–H and O–H groups in total. The third-order valence-corrected chi connectivity index (χ3v) is 13.9. The Hall–Kier alpha value is -4.73. The summed E-state index contributed by atoms with van der Waals surface area (Å²) in [6.45, 7) is 7.46. The molecule has 0 bridgehead atoms. The Morgan fingerprint density at radius 3 is 2.56 bits per heavy atom. The molecule has 2 amide bonds. The minimum absolute atomic E-state index is 0.210. The Bertz CT molecular complexity index is 2430. The number of rotatable bonds is 9. The fourth-order valence-corrected chi connectivity index (χ4v) is 10.8. The second-order valence-corrected chi connectivity index (χ2v) is 17.7. The van der Waals surface area contributed by atoms with Gasteiger partial charge in [-0.3, -0.25) is 29.0 Å². The lowest BCUT2D eigenvalue weighted by Crippen LogP contribution is -2.44. The second-order valence-electron chi connectivity index (χ2n) is 15.8. The Balaban J connectivity index is 0.831. The number of amides is 2. The molecule has 2 saturated heterocycles. The summed E-state index contributed by atoms with van der Waals surface area (Å²) in [4.78, 5) is 53.0. The smallest absolute Gasteiger partial charge is 0.329 e. The van der Waals surface area contributed by atoms with Crippen LogP contribution in [0.25, 0.3) is 42.3 Å². The largest absolute Gasteiger partial charge is 0.382 e. The van der Waals surface area contributed by atoms with Gasteiger partial charge in [-0.25, -0.2) is 14.5 Å². The predicted octanol–water partition coefficient (Wildman–Crippen LogP) is 6.74. The lowest BCUT2D eigenvalue weighted by Gasteiger charge is -2.37. The molecular weight excluding hydrogens is 733 g/mol. The summed E-state index contributed by atoms with van der Waals surface area (Å²) in [5.74, 6) is 0.316. The van der Waals surface area contributed by atoms with Crippen molar-refractivity contribution >= 4 is 61.4 Å². The molecule has 15 heteroatoms. The first-order chi connectivity index (χ1) is 26.7. The van der Waals surface area contributed by atoms with Gasteiger partial charge in [-0.1, -0.05) is 17.3 Å². The van der Waals surface area contributed by atoms with Crippen LogP contribution in [0.3, 0.4) is 0 Å². The van der Waals surface area contributed by atoms with E-state index < -0.39 is 11.9 Å². The quantitative estimate of drug-likeness (QED) is 0.153. The Labute approximate surface area is 326 Å². The number of thiophene rings is 1. The van der Waals surface area contributed by atoms with Crippen LogP contribution < -0.4 is 16.3 Å². The molecule has 0 spiro atoms. The van der Waals surface area contributed by atoms with E-state index in [1.165, 1.54) is 10.4 Å². The van der Waals surface area contributed by atoms with Crippen LogP contribution >= 0.6 is 22.7 Å². The van der Waals surface area contributed by atoms with Gasteiger partial charge < -0.3 is 10.2 Å². The van der Waals surface area contributed by atoms with Crippen molar-refractivity contribution in [2.45, 2.75) is 89.3 Å². The maximum atomic E-state index is 13.5. The monoisotopic (exact) mass is 778 g/mol. The number of thiazole rings is 1. The van der Waals surface area contributed by atoms with Crippen LogP contribution in [-0.2, 0) is 16.6 Å². The van der Waals surface area contributed by atoms with E-state index in [0.717, 1.165) is 101 Å². The molecule has 1 aromatic carbocycles. The number of likely N-dealkylation sites (tertiary alicyclic amines) is 1. The van der Waals surface area contributed by atoms with Gasteiger partial charge in [0, 0.05) is 54.3 Å². The highest BCUT2D eigenvalue weighted by molar-refractivity contribution is 7.25. The van der Waals surface area contributed by atoms with Gasteiger partial charge in [0.25, 0.3) is 0 Å². The highest BCUT2D eigenvalue weighted by Crippen LogP contribution is 2.42. The van der Waals surface area contributed by atoms with E-state index in [1.807, 2.05) is 30.0 Å². The average molecular weight is 779 g/mol.